The lowest BCUT2D eigenvalue weighted by atomic mass is 10.00. The summed E-state index contributed by atoms with van der Waals surface area (Å²) in [5.41, 5.74) is 1.76. The summed E-state index contributed by atoms with van der Waals surface area (Å²) in [5, 5.41) is 10.3. The molecule has 0 saturated carbocycles. The van der Waals surface area contributed by atoms with Crippen LogP contribution < -0.4 is 0 Å². The van der Waals surface area contributed by atoms with Crippen LogP contribution in [0.5, 0.6) is 0 Å². The van der Waals surface area contributed by atoms with Gasteiger partial charge in [-0.15, -0.1) is 11.3 Å². The Bertz CT molecular complexity index is 307. The first-order chi connectivity index (χ1) is 6.16. The maximum atomic E-state index is 11.4. The number of carbonyl (C=O) groups is 2. The number of ketones is 1. The van der Waals surface area contributed by atoms with Crippen molar-refractivity contribution in [1.82, 2.24) is 4.98 Å². The van der Waals surface area contributed by atoms with Crippen molar-refractivity contribution < 1.29 is 14.7 Å². The fraction of sp³-hybridized carbons (Fsp3) is 0.375. The van der Waals surface area contributed by atoms with Crippen molar-refractivity contribution in [2.45, 2.75) is 13.3 Å². The Balaban J connectivity index is 2.83. The zero-order valence-electron chi connectivity index (χ0n) is 7.06. The zero-order chi connectivity index (χ0) is 9.84. The molecule has 1 atom stereocenters. The van der Waals surface area contributed by atoms with E-state index < -0.39 is 17.7 Å². The van der Waals surface area contributed by atoms with Crippen molar-refractivity contribution >= 4 is 23.1 Å². The summed E-state index contributed by atoms with van der Waals surface area (Å²) in [6.45, 7) is 1.67. The number of aliphatic carboxylic acids is 1. The molecule has 0 spiro atoms. The second kappa shape index (κ2) is 4.13. The van der Waals surface area contributed by atoms with Gasteiger partial charge in [0.25, 0.3) is 0 Å². The second-order valence-corrected chi connectivity index (χ2v) is 3.26. The monoisotopic (exact) mass is 199 g/mol. The van der Waals surface area contributed by atoms with Crippen molar-refractivity contribution in [3.63, 3.8) is 0 Å². The van der Waals surface area contributed by atoms with E-state index in [1.54, 1.807) is 12.3 Å². The molecule has 0 unspecified atom stereocenters. The normalized spacial score (nSPS) is 12.4. The van der Waals surface area contributed by atoms with Gasteiger partial charge in [0.15, 0.2) is 5.78 Å². The summed E-state index contributed by atoms with van der Waals surface area (Å²) in [4.78, 5) is 25.8. The number of carboxylic acids is 1. The summed E-state index contributed by atoms with van der Waals surface area (Å²) < 4.78 is 0. The molecule has 13 heavy (non-hydrogen) atoms. The molecule has 0 aliphatic rings. The fourth-order valence-corrected chi connectivity index (χ4v) is 1.53. The second-order valence-electron chi connectivity index (χ2n) is 2.54. The first kappa shape index (κ1) is 9.85. The van der Waals surface area contributed by atoms with E-state index in [1.165, 1.54) is 16.8 Å². The van der Waals surface area contributed by atoms with E-state index in [-0.39, 0.29) is 5.69 Å². The lowest BCUT2D eigenvalue weighted by Crippen LogP contribution is -2.23. The van der Waals surface area contributed by atoms with E-state index in [4.69, 9.17) is 5.11 Å². The van der Waals surface area contributed by atoms with Crippen molar-refractivity contribution in [3.05, 3.63) is 16.6 Å². The lowest BCUT2D eigenvalue weighted by molar-refractivity contribution is -0.140. The summed E-state index contributed by atoms with van der Waals surface area (Å²) >= 11 is 1.28. The molecule has 1 rings (SSSR count). The van der Waals surface area contributed by atoms with Gasteiger partial charge in [-0.3, -0.25) is 9.59 Å². The van der Waals surface area contributed by atoms with E-state index in [1.807, 2.05) is 0 Å². The number of carboxylic acid groups (broad SMARTS) is 1. The highest BCUT2D eigenvalue weighted by atomic mass is 32.1. The molecule has 70 valence electrons. The van der Waals surface area contributed by atoms with Crippen LogP contribution in [0.4, 0.5) is 0 Å². The van der Waals surface area contributed by atoms with Crippen LogP contribution in [-0.4, -0.2) is 21.8 Å². The van der Waals surface area contributed by atoms with Gasteiger partial charge in [0, 0.05) is 5.38 Å². The molecule has 0 fully saturated rings. The van der Waals surface area contributed by atoms with Crippen LogP contribution in [0.3, 0.4) is 0 Å². The van der Waals surface area contributed by atoms with Crippen molar-refractivity contribution in [3.8, 4) is 0 Å². The number of aromatic nitrogens is 1. The largest absolute Gasteiger partial charge is 0.481 e. The van der Waals surface area contributed by atoms with Crippen LogP contribution >= 0.6 is 11.3 Å². The Morgan fingerprint density at radius 1 is 1.69 bits per heavy atom. The van der Waals surface area contributed by atoms with Gasteiger partial charge in [0.05, 0.1) is 5.51 Å². The number of hydrogen-bond donors (Lipinski definition) is 1. The average Bonchev–Trinajstić information content (AvgIpc) is 2.56. The number of Topliss-reactive ketones (excluding diaryl/α,β-unsaturated/α-hetero) is 1. The van der Waals surface area contributed by atoms with E-state index in [9.17, 15) is 9.59 Å². The van der Waals surface area contributed by atoms with Gasteiger partial charge in [0.2, 0.25) is 0 Å². The molecule has 0 bridgehead atoms. The maximum Gasteiger partial charge on any atom is 0.314 e. The summed E-state index contributed by atoms with van der Waals surface area (Å²) in [6, 6.07) is 0. The zero-order valence-corrected chi connectivity index (χ0v) is 7.87. The summed E-state index contributed by atoms with van der Waals surface area (Å²) in [6.07, 6.45) is 0.297. The number of nitrogens with zero attached hydrogens (tertiary/aromatic N) is 1. The first-order valence-corrected chi connectivity index (χ1v) is 4.76. The van der Waals surface area contributed by atoms with Gasteiger partial charge in [-0.25, -0.2) is 4.98 Å². The average molecular weight is 199 g/mol. The van der Waals surface area contributed by atoms with Crippen molar-refractivity contribution in [2.24, 2.45) is 5.92 Å². The van der Waals surface area contributed by atoms with E-state index in [2.05, 4.69) is 4.98 Å². The molecular weight excluding hydrogens is 190 g/mol. The molecule has 0 saturated heterocycles. The van der Waals surface area contributed by atoms with Crippen molar-refractivity contribution in [1.29, 1.82) is 0 Å². The lowest BCUT2D eigenvalue weighted by Gasteiger charge is -2.05. The SMILES string of the molecule is CC[C@@H](C(=O)O)C(=O)c1cscn1. The van der Waals surface area contributed by atoms with Gasteiger partial charge in [-0.2, -0.15) is 0 Å². The number of hydrogen-bond acceptors (Lipinski definition) is 4. The van der Waals surface area contributed by atoms with Crippen molar-refractivity contribution in [2.75, 3.05) is 0 Å². The van der Waals surface area contributed by atoms with E-state index in [0.29, 0.717) is 6.42 Å². The third-order valence-electron chi connectivity index (χ3n) is 1.71. The number of thiazole rings is 1. The van der Waals surface area contributed by atoms with Gasteiger partial charge < -0.3 is 5.11 Å². The first-order valence-electron chi connectivity index (χ1n) is 3.82. The Kier molecular flexibility index (Phi) is 3.13. The highest BCUT2D eigenvalue weighted by molar-refractivity contribution is 7.07. The Morgan fingerprint density at radius 2 is 2.38 bits per heavy atom. The Morgan fingerprint density at radius 3 is 2.77 bits per heavy atom. The predicted octanol–water partition coefficient (Wildman–Crippen LogP) is 1.44. The third-order valence-corrected chi connectivity index (χ3v) is 2.29. The van der Waals surface area contributed by atoms with E-state index in [0.717, 1.165) is 0 Å². The molecule has 0 aliphatic heterocycles. The maximum absolute atomic E-state index is 11.4. The summed E-state index contributed by atoms with van der Waals surface area (Å²) in [7, 11) is 0. The van der Waals surface area contributed by atoms with Crippen LogP contribution in [0.15, 0.2) is 10.9 Å². The van der Waals surface area contributed by atoms with Gasteiger partial charge >= 0.3 is 5.97 Å². The minimum Gasteiger partial charge on any atom is -0.481 e. The van der Waals surface area contributed by atoms with Crippen LogP contribution in [0, 0.1) is 5.92 Å². The standard InChI is InChI=1S/C8H9NO3S/c1-2-5(8(11)12)7(10)6-3-13-4-9-6/h3-5H,2H2,1H3,(H,11,12)/t5-/m1/s1. The quantitative estimate of drug-likeness (QED) is 0.588. The predicted molar refractivity (Wildman–Crippen MR) is 47.9 cm³/mol. The molecular formula is C8H9NO3S. The molecule has 5 heteroatoms. The molecule has 0 aromatic carbocycles. The molecule has 0 aliphatic carbocycles. The highest BCUT2D eigenvalue weighted by Crippen LogP contribution is 2.12. The number of rotatable bonds is 4. The minimum atomic E-state index is -1.08. The Hall–Kier alpha value is -1.23. The molecule has 1 N–H and O–H groups in total. The molecule has 0 radical (unpaired) electrons. The van der Waals surface area contributed by atoms with Gasteiger partial charge in [-0.05, 0) is 6.42 Å². The van der Waals surface area contributed by atoms with Gasteiger partial charge in [-0.1, -0.05) is 6.92 Å². The molecule has 1 aromatic heterocycles. The summed E-state index contributed by atoms with van der Waals surface area (Å²) in [5.74, 6) is -2.45. The van der Waals surface area contributed by atoms with Crippen LogP contribution in [0.25, 0.3) is 0 Å². The molecule has 4 nitrogen and oxygen atoms in total. The molecule has 0 amide bonds. The molecule has 1 heterocycles. The minimum absolute atomic E-state index is 0.249. The van der Waals surface area contributed by atoms with Crippen LogP contribution in [0.2, 0.25) is 0 Å². The smallest absolute Gasteiger partial charge is 0.314 e. The number of carbonyl (C=O) groups excluding carboxylic acids is 1. The van der Waals surface area contributed by atoms with E-state index >= 15 is 0 Å². The third kappa shape index (κ3) is 2.12. The van der Waals surface area contributed by atoms with Crippen LogP contribution in [-0.2, 0) is 4.79 Å². The Labute approximate surface area is 79.2 Å². The fourth-order valence-electron chi connectivity index (χ4n) is 0.985. The van der Waals surface area contributed by atoms with Crippen LogP contribution in [0.1, 0.15) is 23.8 Å². The molecule has 1 aromatic rings. The highest BCUT2D eigenvalue weighted by Gasteiger charge is 2.26. The van der Waals surface area contributed by atoms with Gasteiger partial charge in [0.1, 0.15) is 11.6 Å². The topological polar surface area (TPSA) is 67.3 Å².